The number of nitrogens with one attached hydrogen (secondary N) is 1. The van der Waals surface area contributed by atoms with Crippen molar-refractivity contribution in [1.29, 1.82) is 0 Å². The number of carbonyl (C=O) groups excluding carboxylic acids is 2. The molecule has 224 valence electrons. The number of rotatable bonds is 5. The predicted molar refractivity (Wildman–Crippen MR) is 152 cm³/mol. The second-order valence-corrected chi connectivity index (χ2v) is 11.3. The second kappa shape index (κ2) is 11.2. The number of aryl methyl sites for hydroxylation is 1. The molecule has 1 aliphatic heterocycles. The number of alkyl halides is 3. The van der Waals surface area contributed by atoms with Gasteiger partial charge in [0.25, 0.3) is 5.91 Å². The van der Waals surface area contributed by atoms with Gasteiger partial charge in [-0.15, -0.1) is 0 Å². The molecule has 0 radical (unpaired) electrons. The molecule has 3 heterocycles. The molecule has 0 aliphatic carbocycles. The van der Waals surface area contributed by atoms with Gasteiger partial charge in [0, 0.05) is 49.1 Å². The van der Waals surface area contributed by atoms with E-state index in [4.69, 9.17) is 9.72 Å². The average molecular weight is 596 g/mol. The van der Waals surface area contributed by atoms with E-state index in [1.165, 1.54) is 24.0 Å². The number of likely N-dealkylation sites (tertiary alicyclic amines) is 1. The Labute approximate surface area is 245 Å². The van der Waals surface area contributed by atoms with Gasteiger partial charge in [0.1, 0.15) is 11.4 Å². The summed E-state index contributed by atoms with van der Waals surface area (Å²) in [7, 11) is 1.54. The summed E-state index contributed by atoms with van der Waals surface area (Å²) in [4.78, 5) is 32.1. The van der Waals surface area contributed by atoms with Crippen LogP contribution in [0.2, 0.25) is 0 Å². The Hall–Kier alpha value is -4.74. The molecular weight excluding hydrogens is 566 g/mol. The first-order valence-electron chi connectivity index (χ1n) is 13.5. The summed E-state index contributed by atoms with van der Waals surface area (Å²) >= 11 is 0. The van der Waals surface area contributed by atoms with Gasteiger partial charge >= 0.3 is 12.3 Å². The zero-order chi connectivity index (χ0) is 31.1. The third kappa shape index (κ3) is 6.52. The number of hydrogen-bond acceptors (Lipinski definition) is 5. The van der Waals surface area contributed by atoms with Crippen molar-refractivity contribution in [1.82, 2.24) is 19.7 Å². The van der Waals surface area contributed by atoms with Crippen LogP contribution >= 0.6 is 0 Å². The Kier molecular flexibility index (Phi) is 7.72. The van der Waals surface area contributed by atoms with Gasteiger partial charge in [0.15, 0.2) is 0 Å². The maximum Gasteiger partial charge on any atom is 0.417 e. The van der Waals surface area contributed by atoms with Crippen molar-refractivity contribution in [2.75, 3.05) is 18.4 Å². The quantitative estimate of drug-likeness (QED) is 0.254. The lowest BCUT2D eigenvalue weighted by Crippen LogP contribution is -2.50. The van der Waals surface area contributed by atoms with Crippen LogP contribution in [-0.2, 0) is 18.0 Å². The van der Waals surface area contributed by atoms with Crippen molar-refractivity contribution in [3.8, 4) is 22.5 Å². The minimum absolute atomic E-state index is 0.0548. The lowest BCUT2D eigenvalue weighted by atomic mass is 9.95. The molecule has 0 saturated carbocycles. The van der Waals surface area contributed by atoms with Crippen LogP contribution in [0.15, 0.2) is 66.9 Å². The van der Waals surface area contributed by atoms with E-state index in [9.17, 15) is 22.8 Å². The van der Waals surface area contributed by atoms with Crippen molar-refractivity contribution in [3.05, 3.63) is 89.5 Å². The zero-order valence-electron chi connectivity index (χ0n) is 23.9. The van der Waals surface area contributed by atoms with Crippen LogP contribution in [-0.4, -0.2) is 50.4 Å². The Bertz CT molecular complexity index is 1670. The number of halogens is 4. The molecule has 1 aliphatic rings. The summed E-state index contributed by atoms with van der Waals surface area (Å²) in [6, 6.07) is 14.8. The van der Waals surface area contributed by atoms with Crippen molar-refractivity contribution >= 4 is 17.7 Å². The number of anilines is 1. The molecule has 0 unspecified atom stereocenters. The summed E-state index contributed by atoms with van der Waals surface area (Å²) in [5.41, 5.74) is -0.954. The predicted octanol–water partition coefficient (Wildman–Crippen LogP) is 6.89. The van der Waals surface area contributed by atoms with Gasteiger partial charge in [-0.25, -0.2) is 9.18 Å². The molecule has 2 amide bonds. The number of amides is 2. The Morgan fingerprint density at radius 3 is 2.30 bits per heavy atom. The number of pyridine rings is 1. The minimum Gasteiger partial charge on any atom is -0.444 e. The molecule has 1 N–H and O–H groups in total. The Balaban J connectivity index is 1.45. The molecule has 2 aromatic carbocycles. The molecule has 1 fully saturated rings. The monoisotopic (exact) mass is 595 g/mol. The third-order valence-corrected chi connectivity index (χ3v) is 6.81. The van der Waals surface area contributed by atoms with Gasteiger partial charge in [0.05, 0.1) is 28.2 Å². The van der Waals surface area contributed by atoms with E-state index in [2.05, 4.69) is 10.4 Å². The fourth-order valence-electron chi connectivity index (χ4n) is 4.70. The SMILES string of the molecule is Cn1ccc(-c2cc(C(=O)Nc3ccc(C4CN(C(=O)OC(C)(C)C)C4)nc3-c3ccccc3)c(F)cc2C(F)(F)F)n1. The van der Waals surface area contributed by atoms with Crippen LogP contribution in [0.5, 0.6) is 0 Å². The number of aromatic nitrogens is 3. The lowest BCUT2D eigenvalue weighted by molar-refractivity contribution is -0.137. The highest BCUT2D eigenvalue weighted by Crippen LogP contribution is 2.39. The molecular formula is C31H29F4N5O3. The smallest absolute Gasteiger partial charge is 0.417 e. The van der Waals surface area contributed by atoms with Gasteiger partial charge in [0.2, 0.25) is 0 Å². The van der Waals surface area contributed by atoms with Crippen molar-refractivity contribution in [2.24, 2.45) is 7.05 Å². The van der Waals surface area contributed by atoms with Crippen LogP contribution in [0.1, 0.15) is 48.3 Å². The van der Waals surface area contributed by atoms with Crippen LogP contribution in [0.3, 0.4) is 0 Å². The van der Waals surface area contributed by atoms with E-state index in [1.807, 2.05) is 6.07 Å². The average Bonchev–Trinajstić information content (AvgIpc) is 3.33. The molecule has 43 heavy (non-hydrogen) atoms. The largest absolute Gasteiger partial charge is 0.444 e. The molecule has 0 atom stereocenters. The van der Waals surface area contributed by atoms with Crippen molar-refractivity contribution in [2.45, 2.75) is 38.5 Å². The van der Waals surface area contributed by atoms with Crippen LogP contribution in [0.4, 0.5) is 28.0 Å². The highest BCUT2D eigenvalue weighted by molar-refractivity contribution is 6.07. The first-order chi connectivity index (χ1) is 20.2. The molecule has 0 bridgehead atoms. The maximum atomic E-state index is 15.0. The number of nitrogens with zero attached hydrogens (tertiary/aromatic N) is 4. The van der Waals surface area contributed by atoms with Gasteiger partial charge in [-0.05, 0) is 51.1 Å². The first kappa shape index (κ1) is 29.7. The number of ether oxygens (including phenoxy) is 1. The summed E-state index contributed by atoms with van der Waals surface area (Å²) < 4.78 is 63.1. The number of hydrogen-bond donors (Lipinski definition) is 1. The Morgan fingerprint density at radius 2 is 1.70 bits per heavy atom. The second-order valence-electron chi connectivity index (χ2n) is 11.3. The molecule has 4 aromatic rings. The van der Waals surface area contributed by atoms with Crippen LogP contribution in [0, 0.1) is 5.82 Å². The van der Waals surface area contributed by atoms with Crippen molar-refractivity contribution in [3.63, 3.8) is 0 Å². The van der Waals surface area contributed by atoms with E-state index in [0.717, 1.165) is 6.07 Å². The standard InChI is InChI=1S/C31H29F4N5O3/c1-30(2,3)43-29(42)40-16-19(17-40)24-10-11-26(27(36-24)18-8-6-5-7-9-18)37-28(41)21-14-20(25-12-13-39(4)38-25)22(15-23(21)32)31(33,34)35/h5-15,19H,16-17H2,1-4H3,(H,37,41). The van der Waals surface area contributed by atoms with E-state index < -0.39 is 46.3 Å². The lowest BCUT2D eigenvalue weighted by Gasteiger charge is -2.39. The molecule has 8 nitrogen and oxygen atoms in total. The molecule has 12 heteroatoms. The highest BCUT2D eigenvalue weighted by Gasteiger charge is 2.37. The molecule has 1 saturated heterocycles. The minimum atomic E-state index is -4.87. The van der Waals surface area contributed by atoms with E-state index in [-0.39, 0.29) is 17.3 Å². The molecule has 5 rings (SSSR count). The third-order valence-electron chi connectivity index (χ3n) is 6.81. The summed E-state index contributed by atoms with van der Waals surface area (Å²) in [6.45, 7) is 6.17. The first-order valence-corrected chi connectivity index (χ1v) is 13.5. The highest BCUT2D eigenvalue weighted by atomic mass is 19.4. The molecule has 0 spiro atoms. The number of benzene rings is 2. The summed E-state index contributed by atoms with van der Waals surface area (Å²) in [5, 5.41) is 6.65. The fraction of sp³-hybridized carbons (Fsp3) is 0.290. The zero-order valence-corrected chi connectivity index (χ0v) is 23.9. The van der Waals surface area contributed by atoms with Crippen molar-refractivity contribution < 1.29 is 31.9 Å². The fourth-order valence-corrected chi connectivity index (χ4v) is 4.70. The van der Waals surface area contributed by atoms with E-state index >= 15 is 4.39 Å². The van der Waals surface area contributed by atoms with E-state index in [0.29, 0.717) is 36.1 Å². The summed E-state index contributed by atoms with van der Waals surface area (Å²) in [5.74, 6) is -2.35. The van der Waals surface area contributed by atoms with Gasteiger partial charge < -0.3 is 15.0 Å². The maximum absolute atomic E-state index is 15.0. The topological polar surface area (TPSA) is 89.4 Å². The van der Waals surface area contributed by atoms with Gasteiger partial charge in [-0.2, -0.15) is 18.3 Å². The molecule has 2 aromatic heterocycles. The summed E-state index contributed by atoms with van der Waals surface area (Å²) in [6.07, 6.45) is -3.84. The van der Waals surface area contributed by atoms with E-state index in [1.54, 1.807) is 62.1 Å². The van der Waals surface area contributed by atoms with Crippen LogP contribution in [0.25, 0.3) is 22.5 Å². The number of carbonyl (C=O) groups is 2. The van der Waals surface area contributed by atoms with Gasteiger partial charge in [-0.3, -0.25) is 14.5 Å². The van der Waals surface area contributed by atoms with Crippen LogP contribution < -0.4 is 5.32 Å². The Morgan fingerprint density at radius 1 is 1.00 bits per heavy atom. The van der Waals surface area contributed by atoms with Gasteiger partial charge in [-0.1, -0.05) is 30.3 Å². The normalized spacial score (nSPS) is 13.9.